The van der Waals surface area contributed by atoms with E-state index >= 15 is 0 Å². The zero-order valence-corrected chi connectivity index (χ0v) is 14.0. The van der Waals surface area contributed by atoms with E-state index in [2.05, 4.69) is 27.2 Å². The maximum atomic E-state index is 5.95. The van der Waals surface area contributed by atoms with Gasteiger partial charge < -0.3 is 11.1 Å². The molecule has 0 radical (unpaired) electrons. The Kier molecular flexibility index (Phi) is 5.83. The van der Waals surface area contributed by atoms with Crippen molar-refractivity contribution in [3.8, 4) is 0 Å². The molecule has 0 aliphatic heterocycles. The van der Waals surface area contributed by atoms with E-state index in [-0.39, 0.29) is 11.9 Å². The van der Waals surface area contributed by atoms with Gasteiger partial charge in [-0.05, 0) is 30.7 Å². The maximum Gasteiger partial charge on any atom is 0.254 e. The molecule has 5 nitrogen and oxygen atoms in total. The average Bonchev–Trinajstić information content (AvgIpc) is 2.36. The predicted octanol–water partition coefficient (Wildman–Crippen LogP) is 4.45. The summed E-state index contributed by atoms with van der Waals surface area (Å²) in [5.74, 6) is 0.317. The lowest BCUT2D eigenvalue weighted by molar-refractivity contribution is 0.872. The van der Waals surface area contributed by atoms with E-state index in [1.54, 1.807) is 24.3 Å². The molecule has 1 aromatic heterocycles. The molecule has 116 valence electrons. The van der Waals surface area contributed by atoms with Crippen LogP contribution in [-0.2, 0) is 6.42 Å². The van der Waals surface area contributed by atoms with E-state index in [0.29, 0.717) is 20.9 Å². The van der Waals surface area contributed by atoms with Gasteiger partial charge in [-0.3, -0.25) is 0 Å². The Morgan fingerprint density at radius 1 is 1.14 bits per heavy atom. The van der Waals surface area contributed by atoms with Gasteiger partial charge in [-0.1, -0.05) is 48.1 Å². The second-order valence-corrected chi connectivity index (χ2v) is 5.77. The van der Waals surface area contributed by atoms with Gasteiger partial charge in [0.15, 0.2) is 0 Å². The lowest BCUT2D eigenvalue weighted by Crippen LogP contribution is -2.22. The molecule has 22 heavy (non-hydrogen) atoms. The van der Waals surface area contributed by atoms with E-state index in [4.69, 9.17) is 40.5 Å². The van der Waals surface area contributed by atoms with Gasteiger partial charge in [-0.25, -0.2) is 4.98 Å². The molecule has 1 aromatic carbocycles. The second kappa shape index (κ2) is 7.63. The van der Waals surface area contributed by atoms with Crippen molar-refractivity contribution in [1.29, 1.82) is 0 Å². The van der Waals surface area contributed by atoms with Gasteiger partial charge in [0.25, 0.3) is 5.95 Å². The summed E-state index contributed by atoms with van der Waals surface area (Å²) in [5, 5.41) is 4.19. The van der Waals surface area contributed by atoms with Crippen LogP contribution in [0.4, 0.5) is 11.6 Å². The molecule has 0 amide bonds. The van der Waals surface area contributed by atoms with E-state index in [0.717, 1.165) is 18.5 Å². The maximum absolute atomic E-state index is 5.95. The molecule has 0 saturated carbocycles. The third kappa shape index (κ3) is 5.02. The Labute approximate surface area is 143 Å². The molecule has 1 heterocycles. The number of nitrogens with one attached hydrogen (secondary N) is 1. The number of aromatic nitrogens is 2. The van der Waals surface area contributed by atoms with Gasteiger partial charge in [0.2, 0.25) is 5.96 Å². The van der Waals surface area contributed by atoms with E-state index < -0.39 is 0 Å². The number of aliphatic imine (C=N–C) groups is 1. The number of aryl methyl sites for hydroxylation is 1. The summed E-state index contributed by atoms with van der Waals surface area (Å²) in [5.41, 5.74) is 7.28. The van der Waals surface area contributed by atoms with Gasteiger partial charge in [0.1, 0.15) is 5.15 Å². The molecule has 8 heteroatoms. The number of halogens is 3. The van der Waals surface area contributed by atoms with E-state index in [9.17, 15) is 0 Å². The van der Waals surface area contributed by atoms with Crippen LogP contribution < -0.4 is 11.1 Å². The number of hydrogen-bond acceptors (Lipinski definition) is 3. The molecule has 2 rings (SSSR count). The lowest BCUT2D eigenvalue weighted by Gasteiger charge is -2.07. The minimum absolute atomic E-state index is 0.114. The Balaban J connectivity index is 2.21. The summed E-state index contributed by atoms with van der Waals surface area (Å²) in [7, 11) is 0. The number of guanidine groups is 1. The lowest BCUT2D eigenvalue weighted by atomic mass is 10.2. The summed E-state index contributed by atoms with van der Waals surface area (Å²) >= 11 is 17.8. The smallest absolute Gasteiger partial charge is 0.254 e. The summed E-state index contributed by atoms with van der Waals surface area (Å²) in [6, 6.07) is 6.69. The third-order valence-corrected chi connectivity index (χ3v) is 3.23. The number of nitrogens with two attached hydrogens (primary N) is 1. The van der Waals surface area contributed by atoms with Crippen molar-refractivity contribution in [3.63, 3.8) is 0 Å². The Morgan fingerprint density at radius 2 is 1.82 bits per heavy atom. The normalized spacial score (nSPS) is 11.5. The Hall–Kier alpha value is -1.56. The van der Waals surface area contributed by atoms with Crippen molar-refractivity contribution in [2.45, 2.75) is 19.8 Å². The number of rotatable bonds is 4. The number of anilines is 1. The van der Waals surface area contributed by atoms with Crippen LogP contribution in [0.15, 0.2) is 29.3 Å². The molecule has 2 aromatic rings. The van der Waals surface area contributed by atoms with E-state index in [1.165, 1.54) is 0 Å². The SMILES string of the molecule is CCCc1cc(Cl)nc(/N=C(\N)Nc2cc(Cl)cc(Cl)c2)n1. The zero-order valence-electron chi connectivity index (χ0n) is 11.8. The van der Waals surface area contributed by atoms with E-state index in [1.807, 2.05) is 0 Å². The van der Waals surface area contributed by atoms with Crippen LogP contribution in [-0.4, -0.2) is 15.9 Å². The molecule has 0 aliphatic carbocycles. The molecule has 0 saturated heterocycles. The first-order valence-corrected chi connectivity index (χ1v) is 7.70. The highest BCUT2D eigenvalue weighted by Gasteiger charge is 2.04. The standard InChI is InChI=1S/C14H14Cl3N5/c1-2-3-10-7-12(17)21-14(20-10)22-13(18)19-11-5-8(15)4-9(16)6-11/h4-7H,2-3H2,1H3,(H3,18,19,20,21,22). The molecule has 0 unspecified atom stereocenters. The van der Waals surface area contributed by atoms with Crippen molar-refractivity contribution >= 4 is 52.4 Å². The van der Waals surface area contributed by atoms with Gasteiger partial charge in [0.05, 0.1) is 0 Å². The van der Waals surface area contributed by atoms with Gasteiger partial charge in [0, 0.05) is 21.4 Å². The van der Waals surface area contributed by atoms with Crippen molar-refractivity contribution in [2.24, 2.45) is 10.7 Å². The van der Waals surface area contributed by atoms with Crippen molar-refractivity contribution < 1.29 is 0 Å². The number of benzene rings is 1. The third-order valence-electron chi connectivity index (χ3n) is 2.60. The first-order valence-electron chi connectivity index (χ1n) is 6.57. The molecular formula is C14H14Cl3N5. The monoisotopic (exact) mass is 357 g/mol. The minimum atomic E-state index is 0.114. The summed E-state index contributed by atoms with van der Waals surface area (Å²) in [4.78, 5) is 12.4. The fourth-order valence-corrected chi connectivity index (χ4v) is 2.52. The van der Waals surface area contributed by atoms with Gasteiger partial charge in [-0.15, -0.1) is 0 Å². The number of hydrogen-bond donors (Lipinski definition) is 2. The molecule has 0 aliphatic rings. The molecular weight excluding hydrogens is 345 g/mol. The minimum Gasteiger partial charge on any atom is -0.369 e. The van der Waals surface area contributed by atoms with Gasteiger partial charge >= 0.3 is 0 Å². The highest BCUT2D eigenvalue weighted by atomic mass is 35.5. The van der Waals surface area contributed by atoms with Crippen LogP contribution in [0.1, 0.15) is 19.0 Å². The van der Waals surface area contributed by atoms with Crippen LogP contribution >= 0.6 is 34.8 Å². The molecule has 3 N–H and O–H groups in total. The fourth-order valence-electron chi connectivity index (χ4n) is 1.79. The van der Waals surface area contributed by atoms with Crippen molar-refractivity contribution in [2.75, 3.05) is 5.32 Å². The quantitative estimate of drug-likeness (QED) is 0.481. The highest BCUT2D eigenvalue weighted by Crippen LogP contribution is 2.22. The summed E-state index contributed by atoms with van der Waals surface area (Å²) in [6.45, 7) is 2.05. The Morgan fingerprint density at radius 3 is 2.45 bits per heavy atom. The zero-order chi connectivity index (χ0) is 16.1. The molecule has 0 atom stereocenters. The predicted molar refractivity (Wildman–Crippen MR) is 92.4 cm³/mol. The summed E-state index contributed by atoms with van der Waals surface area (Å²) in [6.07, 6.45) is 1.74. The van der Waals surface area contributed by atoms with Crippen LogP contribution in [0, 0.1) is 0 Å². The van der Waals surface area contributed by atoms with Crippen LogP contribution in [0.5, 0.6) is 0 Å². The second-order valence-electron chi connectivity index (χ2n) is 4.51. The van der Waals surface area contributed by atoms with Crippen LogP contribution in [0.25, 0.3) is 0 Å². The molecule has 0 fully saturated rings. The largest absolute Gasteiger partial charge is 0.369 e. The van der Waals surface area contributed by atoms with Crippen molar-refractivity contribution in [3.05, 3.63) is 45.2 Å². The molecule has 0 bridgehead atoms. The fraction of sp³-hybridized carbons (Fsp3) is 0.214. The summed E-state index contributed by atoms with van der Waals surface area (Å²) < 4.78 is 0. The van der Waals surface area contributed by atoms with Crippen molar-refractivity contribution in [1.82, 2.24) is 9.97 Å². The Bertz CT molecular complexity index is 683. The first kappa shape index (κ1) is 16.8. The van der Waals surface area contributed by atoms with Gasteiger partial charge in [-0.2, -0.15) is 9.98 Å². The van der Waals surface area contributed by atoms with Crippen LogP contribution in [0.3, 0.4) is 0 Å². The number of nitrogens with zero attached hydrogens (tertiary/aromatic N) is 3. The highest BCUT2D eigenvalue weighted by molar-refractivity contribution is 6.35. The topological polar surface area (TPSA) is 76.2 Å². The first-order chi connectivity index (χ1) is 10.5. The van der Waals surface area contributed by atoms with Crippen LogP contribution in [0.2, 0.25) is 15.2 Å². The average molecular weight is 359 g/mol. The molecule has 0 spiro atoms.